The second kappa shape index (κ2) is 13.3. The van der Waals surface area contributed by atoms with Crippen LogP contribution < -0.4 is 0 Å². The Kier molecular flexibility index (Phi) is 10.6. The Morgan fingerprint density at radius 1 is 0.862 bits per heavy atom. The predicted molar refractivity (Wildman–Crippen MR) is 123 cm³/mol. The van der Waals surface area contributed by atoms with Gasteiger partial charge in [0.2, 0.25) is 0 Å². The van der Waals surface area contributed by atoms with Crippen molar-refractivity contribution in [3.05, 3.63) is 64.2 Å². The topological polar surface area (TPSA) is 52.8 Å². The van der Waals surface area contributed by atoms with Gasteiger partial charge in [-0.05, 0) is 30.5 Å². The van der Waals surface area contributed by atoms with E-state index in [2.05, 4.69) is 12.1 Å². The summed E-state index contributed by atoms with van der Waals surface area (Å²) in [4.78, 5) is 0. The van der Waals surface area contributed by atoms with Gasteiger partial charge in [0.15, 0.2) is 0 Å². The quantitative estimate of drug-likeness (QED) is 0.152. The zero-order chi connectivity index (χ0) is 20.9. The van der Waals surface area contributed by atoms with Gasteiger partial charge in [-0.25, -0.2) is 0 Å². The molecule has 0 unspecified atom stereocenters. The summed E-state index contributed by atoms with van der Waals surface area (Å²) in [6.45, 7) is 2.25. The van der Waals surface area contributed by atoms with E-state index < -0.39 is 0 Å². The SMILES string of the molecule is CCCCCCCCCCCCc1cc(Cl)c(O)c(/C(=N/O)c2ccccc2)c1. The maximum Gasteiger partial charge on any atom is 0.143 e. The molecule has 0 amide bonds. The van der Waals surface area contributed by atoms with Crippen LogP contribution >= 0.6 is 11.6 Å². The van der Waals surface area contributed by atoms with Gasteiger partial charge in [-0.2, -0.15) is 0 Å². The van der Waals surface area contributed by atoms with Gasteiger partial charge in [0.1, 0.15) is 11.5 Å². The average Bonchev–Trinajstić information content (AvgIpc) is 2.74. The number of oxime groups is 1. The monoisotopic (exact) mass is 415 g/mol. The fourth-order valence-electron chi connectivity index (χ4n) is 3.66. The van der Waals surface area contributed by atoms with Gasteiger partial charge < -0.3 is 10.3 Å². The van der Waals surface area contributed by atoms with Gasteiger partial charge in [-0.15, -0.1) is 0 Å². The van der Waals surface area contributed by atoms with Gasteiger partial charge in [0.05, 0.1) is 5.02 Å². The van der Waals surface area contributed by atoms with E-state index in [4.69, 9.17) is 11.6 Å². The van der Waals surface area contributed by atoms with Gasteiger partial charge in [-0.1, -0.05) is 112 Å². The van der Waals surface area contributed by atoms with Crippen LogP contribution in [0, 0.1) is 0 Å². The Bertz CT molecular complexity index is 759. The molecule has 4 heteroatoms. The molecule has 0 spiro atoms. The molecule has 0 saturated heterocycles. The number of nitrogens with zero attached hydrogens (tertiary/aromatic N) is 1. The first kappa shape index (κ1) is 23.3. The van der Waals surface area contributed by atoms with Crippen molar-refractivity contribution in [2.75, 3.05) is 0 Å². The Balaban J connectivity index is 1.86. The van der Waals surface area contributed by atoms with Crippen LogP contribution in [-0.2, 0) is 6.42 Å². The normalized spacial score (nSPS) is 11.7. The van der Waals surface area contributed by atoms with Crippen molar-refractivity contribution < 1.29 is 10.3 Å². The third-order valence-corrected chi connectivity index (χ3v) is 5.63. The molecule has 2 N–H and O–H groups in total. The minimum atomic E-state index is -0.0462. The highest BCUT2D eigenvalue weighted by Crippen LogP contribution is 2.32. The maximum atomic E-state index is 10.4. The van der Waals surface area contributed by atoms with Crippen LogP contribution in [0.5, 0.6) is 5.75 Å². The van der Waals surface area contributed by atoms with E-state index >= 15 is 0 Å². The van der Waals surface area contributed by atoms with E-state index in [0.29, 0.717) is 16.3 Å². The number of aryl methyl sites for hydroxylation is 1. The fraction of sp³-hybridized carbons (Fsp3) is 0.480. The lowest BCUT2D eigenvalue weighted by Gasteiger charge is -2.12. The maximum absolute atomic E-state index is 10.4. The number of aromatic hydroxyl groups is 1. The van der Waals surface area contributed by atoms with E-state index in [1.54, 1.807) is 0 Å². The third kappa shape index (κ3) is 7.74. The number of phenolic OH excluding ortho intramolecular Hbond substituents is 1. The first-order valence-corrected chi connectivity index (χ1v) is 11.3. The molecular weight excluding hydrogens is 382 g/mol. The number of hydrogen-bond acceptors (Lipinski definition) is 3. The lowest BCUT2D eigenvalue weighted by molar-refractivity contribution is 0.319. The highest BCUT2D eigenvalue weighted by molar-refractivity contribution is 6.33. The number of phenols is 1. The molecule has 0 saturated carbocycles. The average molecular weight is 416 g/mol. The molecule has 0 heterocycles. The molecule has 0 fully saturated rings. The molecule has 0 aliphatic rings. The molecule has 2 aromatic carbocycles. The summed E-state index contributed by atoms with van der Waals surface area (Å²) in [7, 11) is 0. The number of benzene rings is 2. The minimum absolute atomic E-state index is 0.0462. The van der Waals surface area contributed by atoms with Crippen molar-refractivity contribution in [3.8, 4) is 5.75 Å². The molecular formula is C25H34ClNO2. The van der Waals surface area contributed by atoms with Gasteiger partial charge in [0, 0.05) is 11.1 Å². The standard InChI is InChI=1S/C25H34ClNO2/c1-2-3-4-5-6-7-8-9-10-12-15-20-18-22(25(28)23(26)19-20)24(27-29)21-16-13-11-14-17-21/h11,13-14,16-19,28-29H,2-10,12,15H2,1H3/b27-24+. The summed E-state index contributed by atoms with van der Waals surface area (Å²) in [5, 5.41) is 23.7. The summed E-state index contributed by atoms with van der Waals surface area (Å²) in [5.41, 5.74) is 2.58. The highest BCUT2D eigenvalue weighted by Gasteiger charge is 2.16. The van der Waals surface area contributed by atoms with Crippen LogP contribution in [0.25, 0.3) is 0 Å². The molecule has 0 radical (unpaired) electrons. The third-order valence-electron chi connectivity index (χ3n) is 5.34. The lowest BCUT2D eigenvalue weighted by atomic mass is 9.97. The second-order valence-electron chi connectivity index (χ2n) is 7.72. The van der Waals surface area contributed by atoms with Crippen molar-refractivity contribution in [2.24, 2.45) is 5.16 Å². The summed E-state index contributed by atoms with van der Waals surface area (Å²) < 4.78 is 0. The molecule has 2 aromatic rings. The van der Waals surface area contributed by atoms with E-state index in [0.717, 1.165) is 24.0 Å². The Morgan fingerprint density at radius 2 is 1.45 bits per heavy atom. The van der Waals surface area contributed by atoms with Crippen LogP contribution in [0.4, 0.5) is 0 Å². The van der Waals surface area contributed by atoms with E-state index in [1.165, 1.54) is 57.8 Å². The van der Waals surface area contributed by atoms with E-state index in [9.17, 15) is 10.3 Å². The van der Waals surface area contributed by atoms with E-state index in [-0.39, 0.29) is 5.75 Å². The first-order valence-electron chi connectivity index (χ1n) is 11.0. The minimum Gasteiger partial charge on any atom is -0.506 e. The Hall–Kier alpha value is -2.00. The molecule has 0 bridgehead atoms. The second-order valence-corrected chi connectivity index (χ2v) is 8.13. The molecule has 2 rings (SSSR count). The molecule has 0 atom stereocenters. The van der Waals surface area contributed by atoms with Crippen LogP contribution in [0.2, 0.25) is 5.02 Å². The largest absolute Gasteiger partial charge is 0.506 e. The van der Waals surface area contributed by atoms with Crippen molar-refractivity contribution in [1.29, 1.82) is 0 Å². The smallest absolute Gasteiger partial charge is 0.143 e. The molecule has 158 valence electrons. The van der Waals surface area contributed by atoms with Crippen LogP contribution in [0.1, 0.15) is 87.8 Å². The highest BCUT2D eigenvalue weighted by atomic mass is 35.5. The molecule has 0 aliphatic carbocycles. The fourth-order valence-corrected chi connectivity index (χ4v) is 3.90. The number of hydrogen-bond donors (Lipinski definition) is 2. The molecule has 0 aliphatic heterocycles. The van der Waals surface area contributed by atoms with Crippen molar-refractivity contribution in [1.82, 2.24) is 0 Å². The zero-order valence-electron chi connectivity index (χ0n) is 17.5. The summed E-state index contributed by atoms with van der Waals surface area (Å²) >= 11 is 6.25. The molecule has 3 nitrogen and oxygen atoms in total. The van der Waals surface area contributed by atoms with Crippen LogP contribution in [0.3, 0.4) is 0 Å². The number of unbranched alkanes of at least 4 members (excludes halogenated alkanes) is 9. The van der Waals surface area contributed by atoms with Crippen LogP contribution in [0.15, 0.2) is 47.6 Å². The Morgan fingerprint density at radius 3 is 2.03 bits per heavy atom. The Labute approximate surface area is 180 Å². The van der Waals surface area contributed by atoms with Gasteiger partial charge in [-0.3, -0.25) is 0 Å². The number of rotatable bonds is 13. The predicted octanol–water partition coefficient (Wildman–Crippen LogP) is 7.74. The molecule has 29 heavy (non-hydrogen) atoms. The van der Waals surface area contributed by atoms with Gasteiger partial charge >= 0.3 is 0 Å². The van der Waals surface area contributed by atoms with Crippen molar-refractivity contribution in [3.63, 3.8) is 0 Å². The molecule has 0 aromatic heterocycles. The number of halogens is 1. The van der Waals surface area contributed by atoms with Crippen LogP contribution in [-0.4, -0.2) is 16.0 Å². The zero-order valence-corrected chi connectivity index (χ0v) is 18.3. The van der Waals surface area contributed by atoms with Crippen molar-refractivity contribution in [2.45, 2.75) is 77.6 Å². The summed E-state index contributed by atoms with van der Waals surface area (Å²) in [5.74, 6) is -0.0462. The van der Waals surface area contributed by atoms with Crippen molar-refractivity contribution >= 4 is 17.3 Å². The summed E-state index contributed by atoms with van der Waals surface area (Å²) in [6, 6.07) is 13.0. The summed E-state index contributed by atoms with van der Waals surface area (Å²) in [6.07, 6.45) is 13.9. The van der Waals surface area contributed by atoms with E-state index in [1.807, 2.05) is 42.5 Å². The van der Waals surface area contributed by atoms with Gasteiger partial charge in [0.25, 0.3) is 0 Å². The first-order chi connectivity index (χ1) is 14.2. The lowest BCUT2D eigenvalue weighted by Crippen LogP contribution is -2.05.